The second-order valence-corrected chi connectivity index (χ2v) is 13.3. The minimum absolute atomic E-state index is 0.518. The lowest BCUT2D eigenvalue weighted by Crippen LogP contribution is -2.45. The molecule has 0 N–H and O–H groups in total. The molecule has 3 heteroatoms. The molecule has 0 aromatic carbocycles. The molecule has 0 saturated carbocycles. The molecular formula is C9H22S2Si. The smallest absolute Gasteiger partial charge is 0.0795 e. The predicted octanol–water partition coefficient (Wildman–Crippen LogP) is 4.09. The van der Waals surface area contributed by atoms with Gasteiger partial charge in [0, 0.05) is 4.21 Å². The molecule has 0 spiro atoms. The van der Waals surface area contributed by atoms with Gasteiger partial charge in [-0.3, -0.25) is 0 Å². The summed E-state index contributed by atoms with van der Waals surface area (Å²) in [5, 5.41) is 0.518. The summed E-state index contributed by atoms with van der Waals surface area (Å²) in [6, 6.07) is 0. The van der Waals surface area contributed by atoms with Crippen molar-refractivity contribution in [3.8, 4) is 0 Å². The number of hydrogen-bond acceptors (Lipinski definition) is 2. The van der Waals surface area contributed by atoms with E-state index in [9.17, 15) is 0 Å². The zero-order valence-corrected chi connectivity index (χ0v) is 12.0. The summed E-state index contributed by atoms with van der Waals surface area (Å²) in [6.45, 7) is 12.2. The Morgan fingerprint density at radius 1 is 1.00 bits per heavy atom. The molecule has 0 heterocycles. The van der Waals surface area contributed by atoms with Crippen molar-refractivity contribution in [2.24, 2.45) is 0 Å². The van der Waals surface area contributed by atoms with E-state index < -0.39 is 8.07 Å². The van der Waals surface area contributed by atoms with Gasteiger partial charge in [-0.2, -0.15) is 23.5 Å². The number of thioether (sulfide) groups is 2. The molecule has 0 aliphatic heterocycles. The molecule has 0 aliphatic rings. The van der Waals surface area contributed by atoms with Crippen molar-refractivity contribution in [1.29, 1.82) is 0 Å². The average molecular weight is 222 g/mol. The lowest BCUT2D eigenvalue weighted by Gasteiger charge is -2.41. The van der Waals surface area contributed by atoms with Crippen LogP contribution in [0.1, 0.15) is 20.8 Å². The second-order valence-electron chi connectivity index (χ2n) is 4.78. The Balaban J connectivity index is 4.57. The zero-order chi connectivity index (χ0) is 9.99. The van der Waals surface area contributed by atoms with Gasteiger partial charge >= 0.3 is 0 Å². The predicted molar refractivity (Wildman–Crippen MR) is 68.0 cm³/mol. The third-order valence-corrected chi connectivity index (χ3v) is 15.0. The molecule has 0 saturated heterocycles. The molecule has 12 heavy (non-hydrogen) atoms. The van der Waals surface area contributed by atoms with E-state index in [1.165, 1.54) is 0 Å². The molecule has 0 fully saturated rings. The third kappa shape index (κ3) is 2.71. The van der Waals surface area contributed by atoms with E-state index in [0.29, 0.717) is 5.04 Å². The normalized spacial score (nSPS) is 14.0. The van der Waals surface area contributed by atoms with E-state index in [-0.39, 0.29) is 0 Å². The van der Waals surface area contributed by atoms with Crippen LogP contribution in [0, 0.1) is 0 Å². The van der Waals surface area contributed by atoms with Gasteiger partial charge in [-0.15, -0.1) is 0 Å². The molecule has 0 rings (SSSR count). The number of rotatable bonds is 3. The van der Waals surface area contributed by atoms with Crippen molar-refractivity contribution in [2.45, 2.75) is 43.1 Å². The van der Waals surface area contributed by atoms with Crippen LogP contribution < -0.4 is 0 Å². The van der Waals surface area contributed by atoms with Crippen molar-refractivity contribution in [3.05, 3.63) is 0 Å². The van der Waals surface area contributed by atoms with Gasteiger partial charge < -0.3 is 0 Å². The van der Waals surface area contributed by atoms with Gasteiger partial charge in [-0.1, -0.05) is 33.9 Å². The molecule has 74 valence electrons. The molecule has 0 nitrogen and oxygen atoms in total. The molecule has 0 bridgehead atoms. The highest BCUT2D eigenvalue weighted by Crippen LogP contribution is 2.44. The van der Waals surface area contributed by atoms with E-state index in [4.69, 9.17) is 0 Å². The summed E-state index contributed by atoms with van der Waals surface area (Å²) in [7, 11) is -1.11. The second kappa shape index (κ2) is 4.42. The van der Waals surface area contributed by atoms with Crippen LogP contribution in [-0.4, -0.2) is 24.8 Å². The summed E-state index contributed by atoms with van der Waals surface area (Å²) in [5.74, 6) is 0. The maximum atomic E-state index is 2.50. The van der Waals surface area contributed by atoms with E-state index in [1.54, 1.807) is 0 Å². The van der Waals surface area contributed by atoms with E-state index in [0.717, 1.165) is 4.21 Å². The SMILES string of the molecule is CSC(SC)[Si](C)(C)C(C)(C)C. The molecule has 0 radical (unpaired) electrons. The molecule has 0 aliphatic carbocycles. The van der Waals surface area contributed by atoms with Crippen molar-refractivity contribution < 1.29 is 0 Å². The summed E-state index contributed by atoms with van der Waals surface area (Å²) in [6.07, 6.45) is 4.48. The zero-order valence-electron chi connectivity index (χ0n) is 9.39. The number of hydrogen-bond donors (Lipinski definition) is 0. The topological polar surface area (TPSA) is 0 Å². The Hall–Kier alpha value is 0.917. The van der Waals surface area contributed by atoms with Crippen molar-refractivity contribution >= 4 is 31.6 Å². The van der Waals surface area contributed by atoms with Crippen LogP contribution in [0.3, 0.4) is 0 Å². The molecule has 0 atom stereocenters. The minimum Gasteiger partial charge on any atom is -0.154 e. The largest absolute Gasteiger partial charge is 0.154 e. The summed E-state index contributed by atoms with van der Waals surface area (Å²) < 4.78 is 0.831. The highest BCUT2D eigenvalue weighted by atomic mass is 32.2. The van der Waals surface area contributed by atoms with Gasteiger partial charge in [0.05, 0.1) is 8.07 Å². The molecule has 0 aromatic heterocycles. The van der Waals surface area contributed by atoms with Gasteiger partial charge in [0.1, 0.15) is 0 Å². The van der Waals surface area contributed by atoms with E-state index in [1.807, 2.05) is 23.5 Å². The Morgan fingerprint density at radius 3 is 1.42 bits per heavy atom. The third-order valence-electron chi connectivity index (χ3n) is 2.95. The van der Waals surface area contributed by atoms with Crippen LogP contribution >= 0.6 is 23.5 Å². The van der Waals surface area contributed by atoms with Gasteiger partial charge in [-0.05, 0) is 17.5 Å². The van der Waals surface area contributed by atoms with Crippen molar-refractivity contribution in [2.75, 3.05) is 12.5 Å². The van der Waals surface area contributed by atoms with Crippen LogP contribution in [0.2, 0.25) is 18.1 Å². The van der Waals surface area contributed by atoms with Gasteiger partial charge in [-0.25, -0.2) is 0 Å². The first-order chi connectivity index (χ1) is 5.27. The lowest BCUT2D eigenvalue weighted by atomic mass is 10.2. The molecular weight excluding hydrogens is 200 g/mol. The minimum atomic E-state index is -1.11. The van der Waals surface area contributed by atoms with Crippen LogP contribution in [-0.2, 0) is 0 Å². The fourth-order valence-electron chi connectivity index (χ4n) is 1.04. The van der Waals surface area contributed by atoms with Crippen LogP contribution in [0.5, 0.6) is 0 Å². The van der Waals surface area contributed by atoms with Crippen LogP contribution in [0.4, 0.5) is 0 Å². The summed E-state index contributed by atoms with van der Waals surface area (Å²) in [5.41, 5.74) is 0. The lowest BCUT2D eigenvalue weighted by molar-refractivity contribution is 0.721. The Kier molecular flexibility index (Phi) is 4.76. The first-order valence-corrected chi connectivity index (χ1v) is 9.98. The van der Waals surface area contributed by atoms with Gasteiger partial charge in [0.25, 0.3) is 0 Å². The summed E-state index contributed by atoms with van der Waals surface area (Å²) >= 11 is 4.06. The van der Waals surface area contributed by atoms with Crippen molar-refractivity contribution in [1.82, 2.24) is 0 Å². The molecule has 0 unspecified atom stereocenters. The molecule has 0 aromatic rings. The molecule has 0 amide bonds. The van der Waals surface area contributed by atoms with E-state index in [2.05, 4.69) is 46.4 Å². The van der Waals surface area contributed by atoms with Crippen LogP contribution in [0.15, 0.2) is 0 Å². The highest BCUT2D eigenvalue weighted by Gasteiger charge is 2.41. The maximum Gasteiger partial charge on any atom is 0.0795 e. The van der Waals surface area contributed by atoms with E-state index >= 15 is 0 Å². The van der Waals surface area contributed by atoms with Crippen molar-refractivity contribution in [3.63, 3.8) is 0 Å². The summed E-state index contributed by atoms with van der Waals surface area (Å²) in [4.78, 5) is 0. The fraction of sp³-hybridized carbons (Fsp3) is 1.00. The maximum absolute atomic E-state index is 2.50. The fourth-order valence-corrected chi connectivity index (χ4v) is 9.35. The Labute approximate surface area is 87.3 Å². The Bertz CT molecular complexity index is 134. The monoisotopic (exact) mass is 222 g/mol. The standard InChI is InChI=1S/C9H22S2Si/c1-9(2,3)12(6,7)8(10-4)11-5/h8H,1-7H3. The van der Waals surface area contributed by atoms with Gasteiger partial charge in [0.2, 0.25) is 0 Å². The van der Waals surface area contributed by atoms with Crippen LogP contribution in [0.25, 0.3) is 0 Å². The van der Waals surface area contributed by atoms with Gasteiger partial charge in [0.15, 0.2) is 0 Å². The first kappa shape index (κ1) is 12.9. The highest BCUT2D eigenvalue weighted by molar-refractivity contribution is 8.18. The Morgan fingerprint density at radius 2 is 1.33 bits per heavy atom. The first-order valence-electron chi connectivity index (χ1n) is 4.33. The quantitative estimate of drug-likeness (QED) is 0.521. The average Bonchev–Trinajstić information content (AvgIpc) is 1.87.